The Hall–Kier alpha value is -3.12. The summed E-state index contributed by atoms with van der Waals surface area (Å²) in [7, 11) is 0. The van der Waals surface area contributed by atoms with Crippen molar-refractivity contribution in [2.24, 2.45) is 0 Å². The van der Waals surface area contributed by atoms with Crippen LogP contribution in [0.15, 0.2) is 66.1 Å². The smallest absolute Gasteiger partial charge is 0.244 e. The Kier molecular flexibility index (Phi) is 7.83. The van der Waals surface area contributed by atoms with Crippen LogP contribution in [0.1, 0.15) is 22.7 Å². The summed E-state index contributed by atoms with van der Waals surface area (Å²) in [4.78, 5) is 16.4. The molecule has 5 nitrogen and oxygen atoms in total. The van der Waals surface area contributed by atoms with E-state index >= 15 is 0 Å². The number of ether oxygens (including phenoxy) is 1. The van der Waals surface area contributed by atoms with Crippen LogP contribution in [0.5, 0.6) is 5.75 Å². The molecule has 2 N–H and O–H groups in total. The average molecular weight is 408 g/mol. The fourth-order valence-electron chi connectivity index (χ4n) is 2.66. The lowest BCUT2D eigenvalue weighted by Gasteiger charge is -2.06. The molecule has 0 saturated heterocycles. The zero-order valence-corrected chi connectivity index (χ0v) is 17.2. The second kappa shape index (κ2) is 11.0. The van der Waals surface area contributed by atoms with Gasteiger partial charge in [-0.1, -0.05) is 30.3 Å². The summed E-state index contributed by atoms with van der Waals surface area (Å²) in [5, 5.41) is 9.25. The number of thiazole rings is 1. The SMILES string of the molecule is Cc1nc(COc2cccc(C=CC(=O)NCCCNc3ccccc3)c2)cs1. The number of anilines is 1. The van der Waals surface area contributed by atoms with Gasteiger partial charge in [-0.2, -0.15) is 0 Å². The first kappa shape index (κ1) is 20.6. The highest BCUT2D eigenvalue weighted by molar-refractivity contribution is 7.09. The van der Waals surface area contributed by atoms with E-state index in [1.54, 1.807) is 23.5 Å². The molecule has 3 rings (SSSR count). The van der Waals surface area contributed by atoms with Crippen LogP contribution in [0.25, 0.3) is 6.08 Å². The van der Waals surface area contributed by atoms with E-state index in [2.05, 4.69) is 15.6 Å². The first-order valence-corrected chi connectivity index (χ1v) is 10.5. The molecule has 0 spiro atoms. The van der Waals surface area contributed by atoms with Gasteiger partial charge in [-0.15, -0.1) is 11.3 Å². The van der Waals surface area contributed by atoms with Crippen molar-refractivity contribution >= 4 is 29.0 Å². The summed E-state index contributed by atoms with van der Waals surface area (Å²) in [6.45, 7) is 3.85. The fraction of sp³-hybridized carbons (Fsp3) is 0.217. The number of nitrogens with zero attached hydrogens (tertiary/aromatic N) is 1. The van der Waals surface area contributed by atoms with E-state index in [1.165, 1.54) is 0 Å². The van der Waals surface area contributed by atoms with Crippen molar-refractivity contribution in [1.29, 1.82) is 0 Å². The van der Waals surface area contributed by atoms with E-state index in [4.69, 9.17) is 4.74 Å². The van der Waals surface area contributed by atoms with E-state index in [0.717, 1.165) is 40.7 Å². The maximum absolute atomic E-state index is 12.0. The minimum absolute atomic E-state index is 0.103. The van der Waals surface area contributed by atoms with E-state index in [-0.39, 0.29) is 5.91 Å². The van der Waals surface area contributed by atoms with Gasteiger partial charge in [-0.05, 0) is 49.2 Å². The second-order valence-electron chi connectivity index (χ2n) is 6.49. The molecule has 0 fully saturated rings. The minimum atomic E-state index is -0.103. The Morgan fingerprint density at radius 3 is 2.79 bits per heavy atom. The molecule has 0 saturated carbocycles. The molecular weight excluding hydrogens is 382 g/mol. The molecule has 29 heavy (non-hydrogen) atoms. The maximum atomic E-state index is 12.0. The number of nitrogens with one attached hydrogen (secondary N) is 2. The van der Waals surface area contributed by atoms with Crippen molar-refractivity contribution in [2.45, 2.75) is 20.0 Å². The summed E-state index contributed by atoms with van der Waals surface area (Å²) < 4.78 is 5.78. The number of hydrogen-bond acceptors (Lipinski definition) is 5. The van der Waals surface area contributed by atoms with Gasteiger partial charge in [0, 0.05) is 30.2 Å². The van der Waals surface area contributed by atoms with Gasteiger partial charge in [-0.25, -0.2) is 4.98 Å². The molecule has 6 heteroatoms. The molecule has 0 aliphatic rings. The summed E-state index contributed by atoms with van der Waals surface area (Å²) >= 11 is 1.61. The highest BCUT2D eigenvalue weighted by Crippen LogP contribution is 2.17. The molecule has 1 aromatic heterocycles. The lowest BCUT2D eigenvalue weighted by molar-refractivity contribution is -0.116. The van der Waals surface area contributed by atoms with Crippen LogP contribution in [-0.2, 0) is 11.4 Å². The van der Waals surface area contributed by atoms with Crippen LogP contribution in [0.4, 0.5) is 5.69 Å². The number of carbonyl (C=O) groups excluding carboxylic acids is 1. The largest absolute Gasteiger partial charge is 0.487 e. The van der Waals surface area contributed by atoms with Gasteiger partial charge < -0.3 is 15.4 Å². The highest BCUT2D eigenvalue weighted by Gasteiger charge is 2.01. The molecule has 0 bridgehead atoms. The number of amides is 1. The first-order valence-electron chi connectivity index (χ1n) is 9.58. The molecule has 0 atom stereocenters. The normalized spacial score (nSPS) is 10.8. The van der Waals surface area contributed by atoms with Gasteiger partial charge in [0.25, 0.3) is 0 Å². The van der Waals surface area contributed by atoms with Crippen molar-refractivity contribution < 1.29 is 9.53 Å². The van der Waals surface area contributed by atoms with Crippen LogP contribution in [0.3, 0.4) is 0 Å². The number of carbonyl (C=O) groups is 1. The van der Waals surface area contributed by atoms with Gasteiger partial charge in [-0.3, -0.25) is 4.79 Å². The van der Waals surface area contributed by atoms with Gasteiger partial charge in [0.15, 0.2) is 0 Å². The van der Waals surface area contributed by atoms with Crippen LogP contribution >= 0.6 is 11.3 Å². The molecule has 1 amide bonds. The molecular formula is C23H25N3O2S. The average Bonchev–Trinajstić information content (AvgIpc) is 3.17. The van der Waals surface area contributed by atoms with Gasteiger partial charge in [0.2, 0.25) is 5.91 Å². The van der Waals surface area contributed by atoms with Crippen molar-refractivity contribution in [3.05, 3.63) is 82.3 Å². The minimum Gasteiger partial charge on any atom is -0.487 e. The quantitative estimate of drug-likeness (QED) is 0.379. The van der Waals surface area contributed by atoms with Gasteiger partial charge in [0.05, 0.1) is 10.7 Å². The van der Waals surface area contributed by atoms with Crippen molar-refractivity contribution in [3.63, 3.8) is 0 Å². The Labute approximate surface area is 175 Å². The molecule has 0 radical (unpaired) electrons. The zero-order valence-electron chi connectivity index (χ0n) is 16.4. The van der Waals surface area contributed by atoms with E-state index in [9.17, 15) is 4.79 Å². The topological polar surface area (TPSA) is 63.2 Å². The van der Waals surface area contributed by atoms with Crippen molar-refractivity contribution in [2.75, 3.05) is 18.4 Å². The Bertz CT molecular complexity index is 938. The Balaban J connectivity index is 1.37. The first-order chi connectivity index (χ1) is 14.2. The number of para-hydroxylation sites is 1. The molecule has 0 unspecified atom stereocenters. The predicted molar refractivity (Wildman–Crippen MR) is 119 cm³/mol. The van der Waals surface area contributed by atoms with Crippen LogP contribution in [0.2, 0.25) is 0 Å². The van der Waals surface area contributed by atoms with E-state index in [1.807, 2.05) is 66.9 Å². The van der Waals surface area contributed by atoms with E-state index < -0.39 is 0 Å². The van der Waals surface area contributed by atoms with Crippen LogP contribution in [0, 0.1) is 6.92 Å². The van der Waals surface area contributed by atoms with Crippen molar-refractivity contribution in [3.8, 4) is 5.75 Å². The number of hydrogen-bond donors (Lipinski definition) is 2. The molecule has 150 valence electrons. The summed E-state index contributed by atoms with van der Waals surface area (Å²) in [6, 6.07) is 17.7. The number of rotatable bonds is 10. The summed E-state index contributed by atoms with van der Waals surface area (Å²) in [5.41, 5.74) is 2.93. The Morgan fingerprint density at radius 2 is 2.00 bits per heavy atom. The van der Waals surface area contributed by atoms with Crippen LogP contribution < -0.4 is 15.4 Å². The second-order valence-corrected chi connectivity index (χ2v) is 7.55. The highest BCUT2D eigenvalue weighted by atomic mass is 32.1. The lowest BCUT2D eigenvalue weighted by Crippen LogP contribution is -2.23. The number of aromatic nitrogens is 1. The third kappa shape index (κ3) is 7.43. The fourth-order valence-corrected chi connectivity index (χ4v) is 3.26. The van der Waals surface area contributed by atoms with Crippen molar-refractivity contribution in [1.82, 2.24) is 10.3 Å². The van der Waals surface area contributed by atoms with E-state index in [0.29, 0.717) is 13.2 Å². The number of benzene rings is 2. The predicted octanol–water partition coefficient (Wildman–Crippen LogP) is 4.66. The summed E-state index contributed by atoms with van der Waals surface area (Å²) in [5.74, 6) is 0.652. The van der Waals surface area contributed by atoms with Gasteiger partial charge in [0.1, 0.15) is 12.4 Å². The molecule has 3 aromatic rings. The summed E-state index contributed by atoms with van der Waals surface area (Å²) in [6.07, 6.45) is 4.19. The third-order valence-corrected chi connectivity index (χ3v) is 4.92. The maximum Gasteiger partial charge on any atom is 0.244 e. The number of aryl methyl sites for hydroxylation is 1. The Morgan fingerprint density at radius 1 is 1.14 bits per heavy atom. The zero-order chi connectivity index (χ0) is 20.3. The molecule has 0 aliphatic heterocycles. The van der Waals surface area contributed by atoms with Gasteiger partial charge >= 0.3 is 0 Å². The lowest BCUT2D eigenvalue weighted by atomic mass is 10.2. The third-order valence-electron chi connectivity index (χ3n) is 4.09. The molecule has 2 aromatic carbocycles. The molecule has 1 heterocycles. The monoisotopic (exact) mass is 407 g/mol. The molecule has 0 aliphatic carbocycles. The van der Waals surface area contributed by atoms with Crippen LogP contribution in [-0.4, -0.2) is 24.0 Å². The standard InChI is InChI=1S/C23H25N3O2S/c1-18-26-21(17-29-18)16-28-22-10-5-7-19(15-22)11-12-23(27)25-14-6-13-24-20-8-3-2-4-9-20/h2-5,7-12,15,17,24H,6,13-14,16H2,1H3,(H,25,27).